The predicted octanol–water partition coefficient (Wildman–Crippen LogP) is 3.08. The van der Waals surface area contributed by atoms with E-state index in [1.54, 1.807) is 48.5 Å². The molecule has 0 heterocycles. The van der Waals surface area contributed by atoms with Crippen molar-refractivity contribution < 1.29 is 9.59 Å². The van der Waals surface area contributed by atoms with Crippen molar-refractivity contribution in [1.29, 1.82) is 0 Å². The van der Waals surface area contributed by atoms with Crippen LogP contribution in [0.15, 0.2) is 53.6 Å². The summed E-state index contributed by atoms with van der Waals surface area (Å²) < 4.78 is 0. The third-order valence-electron chi connectivity index (χ3n) is 2.58. The Morgan fingerprint density at radius 1 is 0.955 bits per heavy atom. The molecular weight excluding hydrogens is 325 g/mol. The largest absolute Gasteiger partial charge is 0.329 e. The quantitative estimate of drug-likeness (QED) is 0.514. The summed E-state index contributed by atoms with van der Waals surface area (Å²) in [6, 6.07) is 13.3. The standard InChI is InChI=1S/C15H11Cl2N3O2/c16-11-5-7-12(8-6-11)19-14(21)15(22)20-18-9-10-3-1-2-4-13(10)17/h1-9H,(H,19,21)(H,20,22). The van der Waals surface area contributed by atoms with Gasteiger partial charge in [-0.2, -0.15) is 5.10 Å². The van der Waals surface area contributed by atoms with Crippen molar-refractivity contribution in [3.63, 3.8) is 0 Å². The lowest BCUT2D eigenvalue weighted by Crippen LogP contribution is -2.32. The Balaban J connectivity index is 1.90. The molecule has 0 saturated heterocycles. The molecule has 2 amide bonds. The van der Waals surface area contributed by atoms with Gasteiger partial charge in [0.05, 0.1) is 6.21 Å². The maximum atomic E-state index is 11.7. The minimum Gasteiger partial charge on any atom is -0.318 e. The summed E-state index contributed by atoms with van der Waals surface area (Å²) in [4.78, 5) is 23.2. The third kappa shape index (κ3) is 4.58. The number of hydrogen-bond donors (Lipinski definition) is 2. The van der Waals surface area contributed by atoms with Crippen molar-refractivity contribution in [3.8, 4) is 0 Å². The van der Waals surface area contributed by atoms with Gasteiger partial charge in [0.25, 0.3) is 0 Å². The maximum absolute atomic E-state index is 11.7. The van der Waals surface area contributed by atoms with Gasteiger partial charge >= 0.3 is 11.8 Å². The second-order valence-electron chi connectivity index (χ2n) is 4.18. The van der Waals surface area contributed by atoms with Crippen molar-refractivity contribution in [2.24, 2.45) is 5.10 Å². The van der Waals surface area contributed by atoms with Gasteiger partial charge in [0, 0.05) is 21.3 Å². The lowest BCUT2D eigenvalue weighted by molar-refractivity contribution is -0.136. The van der Waals surface area contributed by atoms with Gasteiger partial charge in [0.2, 0.25) is 0 Å². The smallest absolute Gasteiger partial charge is 0.318 e. The molecule has 7 heteroatoms. The van der Waals surface area contributed by atoms with E-state index >= 15 is 0 Å². The molecule has 5 nitrogen and oxygen atoms in total. The first-order valence-electron chi connectivity index (χ1n) is 6.21. The highest BCUT2D eigenvalue weighted by Crippen LogP contribution is 2.13. The van der Waals surface area contributed by atoms with E-state index in [0.29, 0.717) is 21.3 Å². The first-order valence-corrected chi connectivity index (χ1v) is 6.96. The summed E-state index contributed by atoms with van der Waals surface area (Å²) in [6.07, 6.45) is 1.36. The molecule has 0 unspecified atom stereocenters. The molecule has 22 heavy (non-hydrogen) atoms. The number of hydrogen-bond acceptors (Lipinski definition) is 3. The van der Waals surface area contributed by atoms with E-state index in [-0.39, 0.29) is 0 Å². The highest BCUT2D eigenvalue weighted by Gasteiger charge is 2.12. The summed E-state index contributed by atoms with van der Waals surface area (Å²) in [5.41, 5.74) is 3.21. The molecule has 0 radical (unpaired) electrons. The number of rotatable bonds is 3. The van der Waals surface area contributed by atoms with E-state index in [1.807, 2.05) is 0 Å². The van der Waals surface area contributed by atoms with Gasteiger partial charge in [-0.25, -0.2) is 5.43 Å². The van der Waals surface area contributed by atoms with Crippen LogP contribution in [-0.4, -0.2) is 18.0 Å². The van der Waals surface area contributed by atoms with Gasteiger partial charge in [0.1, 0.15) is 0 Å². The minimum atomic E-state index is -0.891. The average molecular weight is 336 g/mol. The van der Waals surface area contributed by atoms with Crippen LogP contribution in [-0.2, 0) is 9.59 Å². The maximum Gasteiger partial charge on any atom is 0.329 e. The van der Waals surface area contributed by atoms with Crippen molar-refractivity contribution in [2.75, 3.05) is 5.32 Å². The SMILES string of the molecule is O=C(NN=Cc1ccccc1Cl)C(=O)Nc1ccc(Cl)cc1. The fourth-order valence-corrected chi connectivity index (χ4v) is 1.82. The predicted molar refractivity (Wildman–Crippen MR) is 87.3 cm³/mol. The lowest BCUT2D eigenvalue weighted by atomic mass is 10.2. The van der Waals surface area contributed by atoms with Crippen molar-refractivity contribution in [2.45, 2.75) is 0 Å². The van der Waals surface area contributed by atoms with Gasteiger partial charge in [-0.05, 0) is 30.3 Å². The summed E-state index contributed by atoms with van der Waals surface area (Å²) >= 11 is 11.7. The highest BCUT2D eigenvalue weighted by molar-refractivity contribution is 6.39. The molecule has 0 aromatic heterocycles. The molecule has 0 atom stereocenters. The Labute approximate surface area is 136 Å². The van der Waals surface area contributed by atoms with Crippen molar-refractivity contribution in [3.05, 3.63) is 64.1 Å². The molecule has 0 bridgehead atoms. The van der Waals surface area contributed by atoms with E-state index in [1.165, 1.54) is 6.21 Å². The van der Waals surface area contributed by atoms with Crippen LogP contribution in [0.1, 0.15) is 5.56 Å². The summed E-state index contributed by atoms with van der Waals surface area (Å²) in [5, 5.41) is 7.13. The van der Waals surface area contributed by atoms with Gasteiger partial charge in [-0.1, -0.05) is 41.4 Å². The number of amides is 2. The van der Waals surface area contributed by atoms with E-state index in [4.69, 9.17) is 23.2 Å². The average Bonchev–Trinajstić information content (AvgIpc) is 2.51. The monoisotopic (exact) mass is 335 g/mol. The zero-order chi connectivity index (χ0) is 15.9. The Morgan fingerprint density at radius 2 is 1.64 bits per heavy atom. The number of anilines is 1. The zero-order valence-corrected chi connectivity index (χ0v) is 12.7. The number of hydrazone groups is 1. The Morgan fingerprint density at radius 3 is 2.32 bits per heavy atom. The third-order valence-corrected chi connectivity index (χ3v) is 3.18. The first-order chi connectivity index (χ1) is 10.6. The fraction of sp³-hybridized carbons (Fsp3) is 0. The van der Waals surface area contributed by atoms with Gasteiger partial charge in [-0.15, -0.1) is 0 Å². The zero-order valence-electron chi connectivity index (χ0n) is 11.2. The Kier molecular flexibility index (Phi) is 5.52. The molecule has 112 valence electrons. The Bertz CT molecular complexity index is 715. The van der Waals surface area contributed by atoms with Crippen LogP contribution < -0.4 is 10.7 Å². The van der Waals surface area contributed by atoms with Crippen LogP contribution in [0.4, 0.5) is 5.69 Å². The van der Waals surface area contributed by atoms with Crippen LogP contribution in [0.25, 0.3) is 0 Å². The van der Waals surface area contributed by atoms with E-state index in [0.717, 1.165) is 0 Å². The molecule has 2 rings (SSSR count). The second kappa shape index (κ2) is 7.59. The summed E-state index contributed by atoms with van der Waals surface area (Å²) in [5.74, 6) is -1.73. The molecule has 0 aliphatic carbocycles. The van der Waals surface area contributed by atoms with Crippen molar-refractivity contribution >= 4 is 46.9 Å². The van der Waals surface area contributed by atoms with E-state index in [2.05, 4.69) is 15.8 Å². The molecule has 0 aliphatic heterocycles. The van der Waals surface area contributed by atoms with Gasteiger partial charge < -0.3 is 5.32 Å². The normalized spacial score (nSPS) is 10.5. The van der Waals surface area contributed by atoms with Crippen LogP contribution >= 0.6 is 23.2 Å². The van der Waals surface area contributed by atoms with E-state index < -0.39 is 11.8 Å². The van der Waals surface area contributed by atoms with Crippen LogP contribution in [0, 0.1) is 0 Å². The van der Waals surface area contributed by atoms with Gasteiger partial charge in [0.15, 0.2) is 0 Å². The molecule has 2 aromatic rings. The number of nitrogens with one attached hydrogen (secondary N) is 2. The minimum absolute atomic E-state index is 0.458. The molecule has 0 spiro atoms. The number of benzene rings is 2. The Hall–Kier alpha value is -2.37. The molecule has 0 saturated carbocycles. The van der Waals surface area contributed by atoms with Crippen LogP contribution in [0.3, 0.4) is 0 Å². The summed E-state index contributed by atoms with van der Waals surface area (Å²) in [7, 11) is 0. The molecule has 2 N–H and O–H groups in total. The van der Waals surface area contributed by atoms with Crippen LogP contribution in [0.2, 0.25) is 10.0 Å². The molecule has 0 aliphatic rings. The molecular formula is C15H11Cl2N3O2. The van der Waals surface area contributed by atoms with Crippen molar-refractivity contribution in [1.82, 2.24) is 5.43 Å². The number of nitrogens with zero attached hydrogens (tertiary/aromatic N) is 1. The fourth-order valence-electron chi connectivity index (χ4n) is 1.51. The summed E-state index contributed by atoms with van der Waals surface area (Å²) in [6.45, 7) is 0. The highest BCUT2D eigenvalue weighted by atomic mass is 35.5. The first kappa shape index (κ1) is 16.0. The topological polar surface area (TPSA) is 70.6 Å². The number of carbonyl (C=O) groups excluding carboxylic acids is 2. The second-order valence-corrected chi connectivity index (χ2v) is 5.03. The number of carbonyl (C=O) groups is 2. The molecule has 0 fully saturated rings. The molecule has 2 aromatic carbocycles. The van der Waals surface area contributed by atoms with Crippen LogP contribution in [0.5, 0.6) is 0 Å². The lowest BCUT2D eigenvalue weighted by Gasteiger charge is -2.03. The van der Waals surface area contributed by atoms with Gasteiger partial charge in [-0.3, -0.25) is 9.59 Å². The van der Waals surface area contributed by atoms with E-state index in [9.17, 15) is 9.59 Å². The number of halogens is 2.